The van der Waals surface area contributed by atoms with Crippen LogP contribution in [0.15, 0.2) is 0 Å². The molecule has 1 saturated heterocycles. The minimum atomic E-state index is -0.184. The van der Waals surface area contributed by atoms with E-state index in [1.54, 1.807) is 14.2 Å². The van der Waals surface area contributed by atoms with Crippen molar-refractivity contribution in [2.45, 2.75) is 31.7 Å². The molecule has 2 fully saturated rings. The van der Waals surface area contributed by atoms with Crippen LogP contribution in [0, 0.1) is 17.8 Å². The van der Waals surface area contributed by atoms with Gasteiger partial charge in [0.15, 0.2) is 0 Å². The minimum Gasteiger partial charge on any atom is -0.396 e. The first-order chi connectivity index (χ1) is 7.62. The highest BCUT2D eigenvalue weighted by atomic mass is 16.6. The van der Waals surface area contributed by atoms with Crippen molar-refractivity contribution in [2.75, 3.05) is 27.4 Å². The van der Waals surface area contributed by atoms with Crippen LogP contribution >= 0.6 is 0 Å². The molecule has 1 N–H and O–H groups in total. The largest absolute Gasteiger partial charge is 0.396 e. The van der Waals surface area contributed by atoms with Crippen LogP contribution in [0.2, 0.25) is 0 Å². The standard InChI is InChI=1S/C12H22O4/c1-7-10(15-4)9(5-13)8(2)12(6-14-3)11(7)16-12/h7-11,13H,5-6H2,1-4H3. The number of aliphatic hydroxyl groups is 1. The molecule has 1 aliphatic heterocycles. The number of hydrogen-bond acceptors (Lipinski definition) is 4. The Hall–Kier alpha value is -0.160. The van der Waals surface area contributed by atoms with Crippen LogP contribution < -0.4 is 0 Å². The van der Waals surface area contributed by atoms with E-state index >= 15 is 0 Å². The molecular formula is C12H22O4. The predicted molar refractivity (Wildman–Crippen MR) is 59.2 cm³/mol. The maximum absolute atomic E-state index is 9.52. The molecule has 2 rings (SSSR count). The Balaban J connectivity index is 2.19. The highest BCUT2D eigenvalue weighted by molar-refractivity contribution is 5.15. The fraction of sp³-hybridized carbons (Fsp3) is 1.00. The molecule has 6 unspecified atom stereocenters. The highest BCUT2D eigenvalue weighted by Gasteiger charge is 2.69. The summed E-state index contributed by atoms with van der Waals surface area (Å²) in [5, 5.41) is 9.52. The summed E-state index contributed by atoms with van der Waals surface area (Å²) in [7, 11) is 3.41. The van der Waals surface area contributed by atoms with Crippen LogP contribution in [0.25, 0.3) is 0 Å². The fourth-order valence-electron chi connectivity index (χ4n) is 3.45. The summed E-state index contributed by atoms with van der Waals surface area (Å²) in [4.78, 5) is 0. The molecule has 1 aliphatic carbocycles. The molecule has 1 heterocycles. The van der Waals surface area contributed by atoms with E-state index in [0.29, 0.717) is 12.5 Å². The van der Waals surface area contributed by atoms with E-state index in [4.69, 9.17) is 14.2 Å². The van der Waals surface area contributed by atoms with Gasteiger partial charge in [0.25, 0.3) is 0 Å². The molecule has 0 aromatic carbocycles. The van der Waals surface area contributed by atoms with Crippen molar-refractivity contribution in [3.8, 4) is 0 Å². The van der Waals surface area contributed by atoms with Crippen LogP contribution in [-0.2, 0) is 14.2 Å². The van der Waals surface area contributed by atoms with E-state index in [0.717, 1.165) is 0 Å². The molecule has 0 amide bonds. The molecule has 94 valence electrons. The lowest BCUT2D eigenvalue weighted by molar-refractivity contribution is -0.0647. The lowest BCUT2D eigenvalue weighted by Gasteiger charge is -2.40. The Morgan fingerprint density at radius 3 is 2.50 bits per heavy atom. The van der Waals surface area contributed by atoms with Gasteiger partial charge in [-0.15, -0.1) is 0 Å². The second-order valence-electron chi connectivity index (χ2n) is 5.12. The van der Waals surface area contributed by atoms with Crippen molar-refractivity contribution in [1.29, 1.82) is 0 Å². The molecule has 0 bridgehead atoms. The third kappa shape index (κ3) is 1.51. The van der Waals surface area contributed by atoms with E-state index in [1.807, 2.05) is 0 Å². The van der Waals surface area contributed by atoms with Gasteiger partial charge in [0, 0.05) is 32.7 Å². The van der Waals surface area contributed by atoms with E-state index in [1.165, 1.54) is 0 Å². The SMILES string of the molecule is COCC12OC1C(C)C(OC)C(CO)C2C. The van der Waals surface area contributed by atoms with E-state index in [-0.39, 0.29) is 36.3 Å². The quantitative estimate of drug-likeness (QED) is 0.722. The first-order valence-corrected chi connectivity index (χ1v) is 5.92. The Labute approximate surface area is 96.9 Å². The molecular weight excluding hydrogens is 208 g/mol. The summed E-state index contributed by atoms with van der Waals surface area (Å²) in [6, 6.07) is 0. The van der Waals surface area contributed by atoms with Gasteiger partial charge in [-0.2, -0.15) is 0 Å². The molecule has 2 aliphatic rings. The van der Waals surface area contributed by atoms with Crippen LogP contribution in [0.3, 0.4) is 0 Å². The van der Waals surface area contributed by atoms with E-state index in [2.05, 4.69) is 13.8 Å². The third-order valence-corrected chi connectivity index (χ3v) is 4.45. The molecule has 0 spiro atoms. The Kier molecular flexibility index (Phi) is 3.27. The summed E-state index contributed by atoms with van der Waals surface area (Å²) in [6.45, 7) is 5.00. The van der Waals surface area contributed by atoms with Gasteiger partial charge in [-0.1, -0.05) is 13.8 Å². The van der Waals surface area contributed by atoms with Crippen LogP contribution in [0.1, 0.15) is 13.8 Å². The number of rotatable bonds is 4. The van der Waals surface area contributed by atoms with Gasteiger partial charge in [-0.25, -0.2) is 0 Å². The lowest BCUT2D eigenvalue weighted by atomic mass is 9.67. The van der Waals surface area contributed by atoms with Gasteiger partial charge in [0.05, 0.1) is 18.8 Å². The summed E-state index contributed by atoms with van der Waals surface area (Å²) >= 11 is 0. The van der Waals surface area contributed by atoms with Crippen molar-refractivity contribution in [3.05, 3.63) is 0 Å². The molecule has 1 saturated carbocycles. The Bertz CT molecular complexity index is 257. The summed E-state index contributed by atoms with van der Waals surface area (Å²) in [5.74, 6) is 0.714. The topological polar surface area (TPSA) is 51.2 Å². The highest BCUT2D eigenvalue weighted by Crippen LogP contribution is 2.56. The number of aliphatic hydroxyl groups excluding tert-OH is 1. The molecule has 0 aromatic rings. The maximum Gasteiger partial charge on any atom is 0.121 e. The number of ether oxygens (including phenoxy) is 3. The zero-order valence-corrected chi connectivity index (χ0v) is 10.5. The monoisotopic (exact) mass is 230 g/mol. The summed E-state index contributed by atoms with van der Waals surface area (Å²) in [5.41, 5.74) is -0.184. The second-order valence-corrected chi connectivity index (χ2v) is 5.12. The van der Waals surface area contributed by atoms with Crippen molar-refractivity contribution in [3.63, 3.8) is 0 Å². The number of hydrogen-bond donors (Lipinski definition) is 1. The molecule has 6 atom stereocenters. The van der Waals surface area contributed by atoms with Crippen LogP contribution in [0.5, 0.6) is 0 Å². The zero-order chi connectivity index (χ0) is 11.9. The smallest absolute Gasteiger partial charge is 0.121 e. The third-order valence-electron chi connectivity index (χ3n) is 4.45. The summed E-state index contributed by atoms with van der Waals surface area (Å²) in [6.07, 6.45) is 0.299. The average molecular weight is 230 g/mol. The normalized spacial score (nSPS) is 51.2. The summed E-state index contributed by atoms with van der Waals surface area (Å²) < 4.78 is 16.7. The average Bonchev–Trinajstić information content (AvgIpc) is 3.00. The van der Waals surface area contributed by atoms with Crippen LogP contribution in [0.4, 0.5) is 0 Å². The van der Waals surface area contributed by atoms with Gasteiger partial charge in [0.1, 0.15) is 5.60 Å². The van der Waals surface area contributed by atoms with Crippen molar-refractivity contribution in [2.24, 2.45) is 17.8 Å². The molecule has 0 aromatic heterocycles. The number of methoxy groups -OCH3 is 2. The second kappa shape index (κ2) is 4.26. The maximum atomic E-state index is 9.52. The van der Waals surface area contributed by atoms with Gasteiger partial charge in [-0.05, 0) is 5.92 Å². The lowest BCUT2D eigenvalue weighted by Crippen LogP contribution is -2.51. The minimum absolute atomic E-state index is 0.0810. The van der Waals surface area contributed by atoms with E-state index < -0.39 is 0 Å². The van der Waals surface area contributed by atoms with Crippen molar-refractivity contribution >= 4 is 0 Å². The molecule has 4 heteroatoms. The Morgan fingerprint density at radius 2 is 2.00 bits per heavy atom. The van der Waals surface area contributed by atoms with Crippen molar-refractivity contribution < 1.29 is 19.3 Å². The molecule has 0 radical (unpaired) electrons. The zero-order valence-electron chi connectivity index (χ0n) is 10.5. The first-order valence-electron chi connectivity index (χ1n) is 5.92. The predicted octanol–water partition coefficient (Wildman–Crippen LogP) is 0.680. The van der Waals surface area contributed by atoms with Gasteiger partial charge >= 0.3 is 0 Å². The number of fused-ring (bicyclic) bond motifs is 1. The van der Waals surface area contributed by atoms with Crippen LogP contribution in [-0.4, -0.2) is 50.3 Å². The first kappa shape index (κ1) is 12.3. The van der Waals surface area contributed by atoms with Crippen molar-refractivity contribution in [1.82, 2.24) is 0 Å². The number of epoxide rings is 1. The fourth-order valence-corrected chi connectivity index (χ4v) is 3.45. The van der Waals surface area contributed by atoms with Gasteiger partial charge < -0.3 is 19.3 Å². The van der Waals surface area contributed by atoms with Gasteiger partial charge in [-0.3, -0.25) is 0 Å². The molecule has 4 nitrogen and oxygen atoms in total. The molecule has 16 heavy (non-hydrogen) atoms. The van der Waals surface area contributed by atoms with E-state index in [9.17, 15) is 5.11 Å². The Morgan fingerprint density at radius 1 is 1.31 bits per heavy atom. The van der Waals surface area contributed by atoms with Gasteiger partial charge in [0.2, 0.25) is 0 Å².